The summed E-state index contributed by atoms with van der Waals surface area (Å²) in [5.41, 5.74) is 0.814. The number of rotatable bonds is 2. The zero-order chi connectivity index (χ0) is 11.9. The van der Waals surface area contributed by atoms with Gasteiger partial charge in [-0.25, -0.2) is 4.98 Å². The number of nitrogens with zero attached hydrogens (tertiary/aromatic N) is 3. The van der Waals surface area contributed by atoms with Gasteiger partial charge in [0, 0.05) is 0 Å². The summed E-state index contributed by atoms with van der Waals surface area (Å²) in [6, 6.07) is 0. The molecule has 0 aliphatic heterocycles. The minimum atomic E-state index is -0.0993. The van der Waals surface area contributed by atoms with E-state index in [1.54, 1.807) is 21.3 Å². The summed E-state index contributed by atoms with van der Waals surface area (Å²) in [7, 11) is 0.332. The number of fused-ring (bicyclic) bond motifs is 1. The first-order chi connectivity index (χ1) is 7.52. The van der Waals surface area contributed by atoms with Gasteiger partial charge in [-0.1, -0.05) is 25.4 Å². The van der Waals surface area contributed by atoms with Crippen LogP contribution < -0.4 is 5.56 Å². The summed E-state index contributed by atoms with van der Waals surface area (Å²) in [5, 5.41) is 0.419. The van der Waals surface area contributed by atoms with Crippen LogP contribution >= 0.6 is 36.3 Å². The molecule has 0 saturated carbocycles. The van der Waals surface area contributed by atoms with Crippen molar-refractivity contribution in [2.45, 2.75) is 19.5 Å². The molecule has 0 aliphatic rings. The smallest absolute Gasteiger partial charge is 0.280 e. The Kier molecular flexibility index (Phi) is 3.38. The third-order valence-electron chi connectivity index (χ3n) is 2.03. The summed E-state index contributed by atoms with van der Waals surface area (Å²) in [6.45, 7) is 4.10. The van der Waals surface area contributed by atoms with Crippen LogP contribution in [-0.4, -0.2) is 19.4 Å². The lowest BCUT2D eigenvalue weighted by molar-refractivity contribution is 0.993. The second-order valence-electron chi connectivity index (χ2n) is 3.65. The lowest BCUT2D eigenvalue weighted by Gasteiger charge is -2.13. The first kappa shape index (κ1) is 12.1. The van der Waals surface area contributed by atoms with Gasteiger partial charge in [-0.3, -0.25) is 13.5 Å². The van der Waals surface area contributed by atoms with Crippen LogP contribution in [0, 0.1) is 0 Å². The van der Waals surface area contributed by atoms with Crippen LogP contribution in [0.5, 0.6) is 0 Å². The highest BCUT2D eigenvalue weighted by Gasteiger charge is 2.14. The molecule has 4 nitrogen and oxygen atoms in total. The average molecular weight is 323 g/mol. The zero-order valence-electron chi connectivity index (χ0n) is 8.74. The Hall–Kier alpha value is -0.380. The van der Waals surface area contributed by atoms with Crippen molar-refractivity contribution in [2.75, 3.05) is 0 Å². The molecule has 2 rings (SSSR count). The molecule has 0 N–H and O–H groups in total. The molecular weight excluding hydrogens is 312 g/mol. The number of halogens is 2. The van der Waals surface area contributed by atoms with E-state index >= 15 is 0 Å². The van der Waals surface area contributed by atoms with E-state index in [1.165, 1.54) is 0 Å². The first-order valence-electron chi connectivity index (χ1n) is 4.71. The third kappa shape index (κ3) is 1.92. The minimum absolute atomic E-state index is 0.0993. The van der Waals surface area contributed by atoms with Crippen molar-refractivity contribution in [1.82, 2.24) is 13.7 Å². The molecular formula is C9H10BrClN3OP. The molecule has 0 radical (unpaired) electrons. The van der Waals surface area contributed by atoms with Crippen LogP contribution in [0.25, 0.3) is 5.52 Å². The average Bonchev–Trinajstić information content (AvgIpc) is 2.70. The van der Waals surface area contributed by atoms with Crippen LogP contribution in [-0.2, 0) is 0 Å². The normalized spacial score (nSPS) is 12.3. The Labute approximate surface area is 108 Å². The van der Waals surface area contributed by atoms with Gasteiger partial charge in [0.1, 0.15) is 21.6 Å². The van der Waals surface area contributed by atoms with Crippen molar-refractivity contribution in [2.24, 2.45) is 0 Å². The topological polar surface area (TPSA) is 39.3 Å². The van der Waals surface area contributed by atoms with Crippen LogP contribution in [0.1, 0.15) is 13.8 Å². The molecule has 0 bridgehead atoms. The Bertz CT molecular complexity index is 592. The van der Waals surface area contributed by atoms with E-state index in [0.29, 0.717) is 29.7 Å². The van der Waals surface area contributed by atoms with E-state index in [2.05, 4.69) is 34.8 Å². The van der Waals surface area contributed by atoms with E-state index in [1.807, 2.05) is 0 Å². The summed E-state index contributed by atoms with van der Waals surface area (Å²) in [4.78, 5) is 16.1. The van der Waals surface area contributed by atoms with Crippen LogP contribution in [0.3, 0.4) is 0 Å². The summed E-state index contributed by atoms with van der Waals surface area (Å²) < 4.78 is 3.90. The predicted molar refractivity (Wildman–Crippen MR) is 71.0 cm³/mol. The highest BCUT2D eigenvalue weighted by atomic mass is 79.9. The number of hydrogen-bond acceptors (Lipinski definition) is 2. The lowest BCUT2D eigenvalue weighted by atomic mass is 10.6. The quantitative estimate of drug-likeness (QED) is 0.798. The maximum absolute atomic E-state index is 12.1. The molecule has 0 amide bonds. The molecule has 16 heavy (non-hydrogen) atoms. The van der Waals surface area contributed by atoms with Gasteiger partial charge in [0.2, 0.25) is 0 Å². The Morgan fingerprint density at radius 1 is 1.56 bits per heavy atom. The largest absolute Gasteiger partial charge is 0.286 e. The highest BCUT2D eigenvalue weighted by Crippen LogP contribution is 2.29. The van der Waals surface area contributed by atoms with Crippen LogP contribution in [0.2, 0.25) is 5.15 Å². The molecule has 0 saturated heterocycles. The summed E-state index contributed by atoms with van der Waals surface area (Å²) >= 11 is 9.52. The predicted octanol–water partition coefficient (Wildman–Crippen LogP) is 2.76. The van der Waals surface area contributed by atoms with E-state index in [9.17, 15) is 4.79 Å². The minimum Gasteiger partial charge on any atom is -0.286 e. The second-order valence-corrected chi connectivity index (χ2v) is 6.62. The molecule has 0 spiro atoms. The van der Waals surface area contributed by atoms with Gasteiger partial charge < -0.3 is 0 Å². The first-order valence-corrected chi connectivity index (χ1v) is 6.90. The fourth-order valence-corrected chi connectivity index (χ4v) is 3.28. The van der Waals surface area contributed by atoms with Gasteiger partial charge in [-0.05, 0) is 30.3 Å². The van der Waals surface area contributed by atoms with Gasteiger partial charge in [-0.2, -0.15) is 0 Å². The zero-order valence-corrected chi connectivity index (χ0v) is 12.1. The second kappa shape index (κ2) is 4.47. The highest BCUT2D eigenvalue weighted by molar-refractivity contribution is 9.10. The Balaban J connectivity index is 2.78. The summed E-state index contributed by atoms with van der Waals surface area (Å²) in [6.07, 6.45) is 3.11. The standard InChI is InChI=1S/C9H10BrClN3OP/c1-5(2)16-14-8(11)7(10)13-4-12-3-6(13)9(14)15/h3-5,16H,1-2H3. The SMILES string of the molecule is CC(C)Pn1c(Cl)c(Br)n2cncc2c1=O. The fourth-order valence-electron chi connectivity index (χ4n) is 1.38. The van der Waals surface area contributed by atoms with Crippen molar-refractivity contribution < 1.29 is 0 Å². The maximum Gasteiger partial charge on any atom is 0.280 e. The maximum atomic E-state index is 12.1. The van der Waals surface area contributed by atoms with E-state index < -0.39 is 0 Å². The molecule has 86 valence electrons. The molecule has 1 unspecified atom stereocenters. The molecule has 1 atom stereocenters. The Morgan fingerprint density at radius 2 is 2.25 bits per heavy atom. The van der Waals surface area contributed by atoms with E-state index in [-0.39, 0.29) is 5.56 Å². The molecule has 0 aromatic carbocycles. The molecule has 7 heteroatoms. The van der Waals surface area contributed by atoms with Crippen LogP contribution in [0.4, 0.5) is 0 Å². The monoisotopic (exact) mass is 321 g/mol. The molecule has 2 heterocycles. The summed E-state index contributed by atoms with van der Waals surface area (Å²) in [5.74, 6) is 0. The van der Waals surface area contributed by atoms with Crippen molar-refractivity contribution in [3.8, 4) is 0 Å². The van der Waals surface area contributed by atoms with Crippen molar-refractivity contribution in [3.63, 3.8) is 0 Å². The number of imidazole rings is 1. The van der Waals surface area contributed by atoms with Gasteiger partial charge >= 0.3 is 0 Å². The van der Waals surface area contributed by atoms with E-state index in [0.717, 1.165) is 0 Å². The number of hydrogen-bond donors (Lipinski definition) is 0. The van der Waals surface area contributed by atoms with Gasteiger partial charge in [0.05, 0.1) is 6.20 Å². The van der Waals surface area contributed by atoms with Crippen molar-refractivity contribution in [1.29, 1.82) is 0 Å². The van der Waals surface area contributed by atoms with Gasteiger partial charge in [-0.15, -0.1) is 0 Å². The molecule has 2 aromatic heterocycles. The lowest BCUT2D eigenvalue weighted by Crippen LogP contribution is -2.19. The van der Waals surface area contributed by atoms with Crippen LogP contribution in [0.15, 0.2) is 21.9 Å². The van der Waals surface area contributed by atoms with Gasteiger partial charge in [0.25, 0.3) is 5.56 Å². The van der Waals surface area contributed by atoms with Crippen molar-refractivity contribution in [3.05, 3.63) is 32.6 Å². The van der Waals surface area contributed by atoms with E-state index in [4.69, 9.17) is 11.6 Å². The molecule has 2 aromatic rings. The third-order valence-corrected chi connectivity index (χ3v) is 4.70. The molecule has 0 fully saturated rings. The Morgan fingerprint density at radius 3 is 2.88 bits per heavy atom. The van der Waals surface area contributed by atoms with Crippen molar-refractivity contribution >= 4 is 41.8 Å². The molecule has 0 aliphatic carbocycles. The fraction of sp³-hybridized carbons (Fsp3) is 0.333. The number of aromatic nitrogens is 3. The van der Waals surface area contributed by atoms with Gasteiger partial charge in [0.15, 0.2) is 0 Å².